The summed E-state index contributed by atoms with van der Waals surface area (Å²) in [5, 5.41) is 13.8. The highest BCUT2D eigenvalue weighted by molar-refractivity contribution is 8.26. The van der Waals surface area contributed by atoms with Gasteiger partial charge in [-0.1, -0.05) is 53.8 Å². The van der Waals surface area contributed by atoms with E-state index in [1.165, 1.54) is 29.2 Å². The first kappa shape index (κ1) is 21.0. The molecule has 1 heterocycles. The Morgan fingerprint density at radius 2 is 1.93 bits per heavy atom. The topological polar surface area (TPSA) is 92.6 Å². The smallest absolute Gasteiger partial charge is 0.269 e. The van der Waals surface area contributed by atoms with Crippen molar-refractivity contribution in [2.24, 2.45) is 0 Å². The minimum atomic E-state index is -0.517. The summed E-state index contributed by atoms with van der Waals surface area (Å²) in [5.74, 6) is -0.606. The van der Waals surface area contributed by atoms with E-state index < -0.39 is 4.92 Å². The van der Waals surface area contributed by atoms with Gasteiger partial charge in [0.1, 0.15) is 4.32 Å². The van der Waals surface area contributed by atoms with Gasteiger partial charge in [-0.2, -0.15) is 0 Å². The van der Waals surface area contributed by atoms with Crippen LogP contribution in [-0.4, -0.2) is 32.5 Å². The van der Waals surface area contributed by atoms with E-state index in [0.29, 0.717) is 25.5 Å². The first-order chi connectivity index (χ1) is 13.8. The fourth-order valence-electron chi connectivity index (χ4n) is 2.53. The number of thioether (sulfide) groups is 1. The van der Waals surface area contributed by atoms with Crippen molar-refractivity contribution in [3.63, 3.8) is 0 Å². The maximum absolute atomic E-state index is 12.6. The zero-order valence-electron chi connectivity index (χ0n) is 14.8. The van der Waals surface area contributed by atoms with Crippen LogP contribution in [0.4, 0.5) is 11.4 Å². The second-order valence-corrected chi connectivity index (χ2v) is 8.04. The predicted molar refractivity (Wildman–Crippen MR) is 118 cm³/mol. The van der Waals surface area contributed by atoms with Gasteiger partial charge in [-0.05, 0) is 29.8 Å². The fraction of sp³-hybridized carbons (Fsp3) is 0.105. The number of hydrogen-bond donors (Lipinski definition) is 1. The van der Waals surface area contributed by atoms with Crippen molar-refractivity contribution >= 4 is 69.2 Å². The molecule has 1 aliphatic heterocycles. The van der Waals surface area contributed by atoms with Gasteiger partial charge >= 0.3 is 0 Å². The standard InChI is InChI=1S/C19H14ClN3O4S2/c20-15-4-2-1-3-12(15)11-16-18(25)22(19(28)29-16)10-9-17(24)21-13-5-7-14(8-6-13)23(26)27/h1-8,11H,9-10H2,(H,21,24)/b16-11-. The molecular formula is C19H14ClN3O4S2. The number of non-ortho nitro benzene ring substituents is 1. The Morgan fingerprint density at radius 1 is 1.24 bits per heavy atom. The third-order valence-corrected chi connectivity index (χ3v) is 5.71. The first-order valence-electron chi connectivity index (χ1n) is 8.39. The van der Waals surface area contributed by atoms with E-state index in [9.17, 15) is 19.7 Å². The Kier molecular flexibility index (Phi) is 6.63. The third kappa shape index (κ3) is 5.20. The van der Waals surface area contributed by atoms with Crippen LogP contribution >= 0.6 is 35.6 Å². The molecule has 10 heteroatoms. The SMILES string of the molecule is O=C(CCN1C(=O)/C(=C/c2ccccc2Cl)SC1=S)Nc1ccc([N+](=O)[O-])cc1. The summed E-state index contributed by atoms with van der Waals surface area (Å²) >= 11 is 12.6. The van der Waals surface area contributed by atoms with Crippen molar-refractivity contribution in [1.29, 1.82) is 0 Å². The molecule has 0 aliphatic carbocycles. The number of nitro groups is 1. The Hall–Kier alpha value is -2.75. The van der Waals surface area contributed by atoms with Crippen LogP contribution in [-0.2, 0) is 9.59 Å². The number of halogens is 1. The van der Waals surface area contributed by atoms with Crippen LogP contribution in [0.15, 0.2) is 53.4 Å². The quantitative estimate of drug-likeness (QED) is 0.304. The van der Waals surface area contributed by atoms with Crippen molar-refractivity contribution in [2.45, 2.75) is 6.42 Å². The molecule has 2 amide bonds. The molecular weight excluding hydrogens is 434 g/mol. The highest BCUT2D eigenvalue weighted by atomic mass is 35.5. The molecule has 2 aromatic rings. The third-order valence-electron chi connectivity index (χ3n) is 3.99. The van der Waals surface area contributed by atoms with Gasteiger partial charge in [0.15, 0.2) is 0 Å². The minimum absolute atomic E-state index is 0.0306. The number of hydrogen-bond acceptors (Lipinski definition) is 6. The van der Waals surface area contributed by atoms with Crippen LogP contribution in [0.5, 0.6) is 0 Å². The summed E-state index contributed by atoms with van der Waals surface area (Å²) in [6, 6.07) is 12.6. The van der Waals surface area contributed by atoms with Crippen LogP contribution in [0.1, 0.15) is 12.0 Å². The van der Waals surface area contributed by atoms with Crippen LogP contribution < -0.4 is 5.32 Å². The average Bonchev–Trinajstić information content (AvgIpc) is 2.95. The lowest BCUT2D eigenvalue weighted by Crippen LogP contribution is -2.31. The van der Waals surface area contributed by atoms with Gasteiger partial charge in [-0.25, -0.2) is 0 Å². The molecule has 0 aromatic heterocycles. The lowest BCUT2D eigenvalue weighted by molar-refractivity contribution is -0.384. The molecule has 3 rings (SSSR count). The van der Waals surface area contributed by atoms with Crippen molar-refractivity contribution in [1.82, 2.24) is 4.90 Å². The Bertz CT molecular complexity index is 1020. The number of carbonyl (C=O) groups is 2. The van der Waals surface area contributed by atoms with Crippen molar-refractivity contribution in [2.75, 3.05) is 11.9 Å². The summed E-state index contributed by atoms with van der Waals surface area (Å²) in [6.45, 7) is 0.128. The van der Waals surface area contributed by atoms with Crippen LogP contribution in [0, 0.1) is 10.1 Å². The number of benzene rings is 2. The molecule has 0 atom stereocenters. The van der Waals surface area contributed by atoms with Gasteiger partial charge in [0.2, 0.25) is 5.91 Å². The maximum atomic E-state index is 12.6. The Balaban J connectivity index is 1.59. The number of nitrogens with one attached hydrogen (secondary N) is 1. The molecule has 148 valence electrons. The summed E-state index contributed by atoms with van der Waals surface area (Å²) in [4.78, 5) is 36.7. The van der Waals surface area contributed by atoms with E-state index in [4.69, 9.17) is 23.8 Å². The number of anilines is 1. The summed E-state index contributed by atoms with van der Waals surface area (Å²) in [7, 11) is 0. The molecule has 0 bridgehead atoms. The largest absolute Gasteiger partial charge is 0.326 e. The lowest BCUT2D eigenvalue weighted by Gasteiger charge is -2.14. The number of carbonyl (C=O) groups excluding carboxylic acids is 2. The van der Waals surface area contributed by atoms with Crippen LogP contribution in [0.25, 0.3) is 6.08 Å². The average molecular weight is 448 g/mol. The van der Waals surface area contributed by atoms with E-state index in [-0.39, 0.29) is 30.5 Å². The molecule has 0 unspecified atom stereocenters. The second-order valence-electron chi connectivity index (χ2n) is 5.96. The van der Waals surface area contributed by atoms with Crippen LogP contribution in [0.2, 0.25) is 5.02 Å². The zero-order chi connectivity index (χ0) is 21.0. The molecule has 2 aromatic carbocycles. The summed E-state index contributed by atoms with van der Waals surface area (Å²) in [5.41, 5.74) is 1.08. The molecule has 1 fully saturated rings. The van der Waals surface area contributed by atoms with Gasteiger partial charge in [-0.3, -0.25) is 24.6 Å². The lowest BCUT2D eigenvalue weighted by atomic mass is 10.2. The molecule has 0 radical (unpaired) electrons. The van der Waals surface area contributed by atoms with Gasteiger partial charge in [-0.15, -0.1) is 0 Å². The molecule has 1 aliphatic rings. The number of rotatable bonds is 6. The van der Waals surface area contributed by atoms with Crippen molar-refractivity contribution in [3.8, 4) is 0 Å². The fourth-order valence-corrected chi connectivity index (χ4v) is 4.02. The molecule has 1 N–H and O–H groups in total. The minimum Gasteiger partial charge on any atom is -0.326 e. The maximum Gasteiger partial charge on any atom is 0.269 e. The normalized spacial score (nSPS) is 15.1. The van der Waals surface area contributed by atoms with Gasteiger partial charge in [0, 0.05) is 35.8 Å². The second kappa shape index (κ2) is 9.17. The van der Waals surface area contributed by atoms with E-state index in [1.54, 1.807) is 24.3 Å². The Labute approximate surface area is 180 Å². The zero-order valence-corrected chi connectivity index (χ0v) is 17.2. The molecule has 1 saturated heterocycles. The summed E-state index contributed by atoms with van der Waals surface area (Å²) < 4.78 is 0.372. The monoisotopic (exact) mass is 447 g/mol. The molecule has 0 saturated carbocycles. The predicted octanol–water partition coefficient (Wildman–Crippen LogP) is 4.48. The highest BCUT2D eigenvalue weighted by Gasteiger charge is 2.32. The first-order valence-corrected chi connectivity index (χ1v) is 9.99. The number of nitro benzene ring substituents is 1. The van der Waals surface area contributed by atoms with E-state index in [0.717, 1.165) is 11.8 Å². The highest BCUT2D eigenvalue weighted by Crippen LogP contribution is 2.33. The van der Waals surface area contributed by atoms with Gasteiger partial charge < -0.3 is 5.32 Å². The molecule has 29 heavy (non-hydrogen) atoms. The van der Waals surface area contributed by atoms with Crippen molar-refractivity contribution in [3.05, 3.63) is 74.1 Å². The van der Waals surface area contributed by atoms with E-state index in [1.807, 2.05) is 6.07 Å². The number of nitrogens with zero attached hydrogens (tertiary/aromatic N) is 2. The molecule has 7 nitrogen and oxygen atoms in total. The summed E-state index contributed by atoms with van der Waals surface area (Å²) in [6.07, 6.45) is 1.71. The molecule has 0 spiro atoms. The van der Waals surface area contributed by atoms with Crippen LogP contribution in [0.3, 0.4) is 0 Å². The van der Waals surface area contributed by atoms with Gasteiger partial charge in [0.25, 0.3) is 11.6 Å². The Morgan fingerprint density at radius 3 is 2.59 bits per heavy atom. The number of amides is 2. The van der Waals surface area contributed by atoms with Crippen molar-refractivity contribution < 1.29 is 14.5 Å². The van der Waals surface area contributed by atoms with E-state index in [2.05, 4.69) is 5.32 Å². The van der Waals surface area contributed by atoms with E-state index >= 15 is 0 Å². The van der Waals surface area contributed by atoms with Gasteiger partial charge in [0.05, 0.1) is 9.83 Å². The number of thiocarbonyl (C=S) groups is 1.